The quantitative estimate of drug-likeness (QED) is 0.0859. The fraction of sp³-hybridized carbons (Fsp3) is 0.258. The summed E-state index contributed by atoms with van der Waals surface area (Å²) in [5, 5.41) is 12.6. The smallest absolute Gasteiger partial charge is 0.316 e. The summed E-state index contributed by atoms with van der Waals surface area (Å²) < 4.78 is 11.7. The number of benzene rings is 2. The van der Waals surface area contributed by atoms with E-state index in [1.54, 1.807) is 23.1 Å². The van der Waals surface area contributed by atoms with E-state index in [0.717, 1.165) is 46.0 Å². The van der Waals surface area contributed by atoms with E-state index in [4.69, 9.17) is 14.5 Å². The maximum absolute atomic E-state index is 13.0. The molecule has 4 aromatic rings. The molecule has 5 nitrogen and oxygen atoms in total. The summed E-state index contributed by atoms with van der Waals surface area (Å²) in [6, 6.07) is 27.6. The van der Waals surface area contributed by atoms with Gasteiger partial charge in [-0.05, 0) is 47.4 Å². The van der Waals surface area contributed by atoms with Crippen molar-refractivity contribution in [1.29, 1.82) is 5.26 Å². The highest BCUT2D eigenvalue weighted by Crippen LogP contribution is 2.35. The Balaban J connectivity index is 1.48. The summed E-state index contributed by atoms with van der Waals surface area (Å²) in [5.74, 6) is 2.11. The van der Waals surface area contributed by atoms with E-state index in [9.17, 15) is 10.1 Å². The summed E-state index contributed by atoms with van der Waals surface area (Å²) in [6.07, 6.45) is 1.87. The molecule has 0 radical (unpaired) electrons. The number of rotatable bonds is 14. The summed E-state index contributed by atoms with van der Waals surface area (Å²) in [5.41, 5.74) is 2.97. The van der Waals surface area contributed by atoms with E-state index in [-0.39, 0.29) is 24.4 Å². The van der Waals surface area contributed by atoms with Crippen molar-refractivity contribution in [3.05, 3.63) is 89.8 Å². The number of para-hydroxylation sites is 1. The lowest BCUT2D eigenvalue weighted by Crippen LogP contribution is -2.28. The molecule has 200 valence electrons. The maximum Gasteiger partial charge on any atom is 0.316 e. The number of carbonyl (C=O) groups is 1. The molecule has 2 aromatic heterocycles. The first kappa shape index (κ1) is 28.8. The van der Waals surface area contributed by atoms with Crippen LogP contribution in [0.25, 0.3) is 21.7 Å². The van der Waals surface area contributed by atoms with Gasteiger partial charge in [0.1, 0.15) is 29.6 Å². The van der Waals surface area contributed by atoms with Crippen molar-refractivity contribution in [2.45, 2.75) is 30.9 Å². The fourth-order valence-corrected chi connectivity index (χ4v) is 6.32. The van der Waals surface area contributed by atoms with Crippen LogP contribution < -0.4 is 4.74 Å². The molecule has 0 saturated heterocycles. The lowest BCUT2D eigenvalue weighted by atomic mass is 10.0. The second-order valence-electron chi connectivity index (χ2n) is 8.64. The summed E-state index contributed by atoms with van der Waals surface area (Å²) in [7, 11) is 0. The zero-order valence-electron chi connectivity index (χ0n) is 21.7. The van der Waals surface area contributed by atoms with Gasteiger partial charge in [0.25, 0.3) is 0 Å². The topological polar surface area (TPSA) is 72.2 Å². The number of unbranched alkanes of at least 4 members (excludes halogenated alkanes) is 1. The lowest BCUT2D eigenvalue weighted by molar-refractivity contribution is -0.145. The standard InChI is InChI=1S/C31H30N2O3S3/c1-2-3-16-37-21-25(20-35-24-13-8-5-9-14-24)36-30(34)22-39-31-27(19-32)26(23-11-6-4-7-12-23)18-28(33-31)29-15-10-17-38-29/h4-15,17-18,25H,2-3,16,20-22H2,1H3. The van der Waals surface area contributed by atoms with E-state index in [2.05, 4.69) is 13.0 Å². The summed E-state index contributed by atoms with van der Waals surface area (Å²) >= 11 is 4.59. The van der Waals surface area contributed by atoms with Crippen molar-refractivity contribution >= 4 is 40.8 Å². The van der Waals surface area contributed by atoms with Crippen molar-refractivity contribution in [1.82, 2.24) is 4.98 Å². The molecule has 0 N–H and O–H groups in total. The van der Waals surface area contributed by atoms with Gasteiger partial charge in [-0.1, -0.05) is 79.7 Å². The minimum atomic E-state index is -0.374. The number of ether oxygens (including phenoxy) is 2. The van der Waals surface area contributed by atoms with Crippen LogP contribution >= 0.6 is 34.9 Å². The zero-order valence-corrected chi connectivity index (χ0v) is 24.2. The molecule has 0 fully saturated rings. The normalized spacial score (nSPS) is 11.5. The van der Waals surface area contributed by atoms with Crippen LogP contribution in [0.3, 0.4) is 0 Å². The molecule has 0 spiro atoms. The van der Waals surface area contributed by atoms with Gasteiger partial charge in [-0.15, -0.1) is 11.3 Å². The van der Waals surface area contributed by atoms with Gasteiger partial charge < -0.3 is 9.47 Å². The second kappa shape index (κ2) is 15.4. The van der Waals surface area contributed by atoms with E-state index >= 15 is 0 Å². The van der Waals surface area contributed by atoms with Gasteiger partial charge in [-0.3, -0.25) is 4.79 Å². The molecule has 1 atom stereocenters. The Hall–Kier alpha value is -3.25. The maximum atomic E-state index is 13.0. The molecule has 2 heterocycles. The van der Waals surface area contributed by atoms with Crippen LogP contribution in [0, 0.1) is 11.3 Å². The molecule has 0 bridgehead atoms. The number of pyridine rings is 1. The molecule has 0 saturated carbocycles. The van der Waals surface area contributed by atoms with Crippen molar-refractivity contribution in [2.75, 3.05) is 23.9 Å². The number of aromatic nitrogens is 1. The molecule has 0 aliphatic carbocycles. The minimum Gasteiger partial charge on any atom is -0.490 e. The predicted molar refractivity (Wildman–Crippen MR) is 162 cm³/mol. The number of nitriles is 1. The zero-order chi connectivity index (χ0) is 27.3. The lowest BCUT2D eigenvalue weighted by Gasteiger charge is -2.18. The largest absolute Gasteiger partial charge is 0.490 e. The number of hydrogen-bond donors (Lipinski definition) is 0. The van der Waals surface area contributed by atoms with E-state index < -0.39 is 0 Å². The van der Waals surface area contributed by atoms with Crippen LogP contribution in [0.15, 0.2) is 89.3 Å². The number of thiophene rings is 1. The fourth-order valence-electron chi connectivity index (χ4n) is 3.76. The van der Waals surface area contributed by atoms with Crippen LogP contribution in [-0.4, -0.2) is 40.9 Å². The van der Waals surface area contributed by atoms with Gasteiger partial charge in [0.05, 0.1) is 21.9 Å². The average Bonchev–Trinajstić information content (AvgIpc) is 3.53. The number of nitrogens with zero attached hydrogens (tertiary/aromatic N) is 2. The van der Waals surface area contributed by atoms with Crippen LogP contribution in [0.4, 0.5) is 0 Å². The average molecular weight is 575 g/mol. The SMILES string of the molecule is CCCCSCC(COc1ccccc1)OC(=O)CSc1nc(-c2cccs2)cc(-c2ccccc2)c1C#N. The molecule has 0 aliphatic heterocycles. The Bertz CT molecular complexity index is 1360. The first-order valence-electron chi connectivity index (χ1n) is 12.8. The number of thioether (sulfide) groups is 2. The highest BCUT2D eigenvalue weighted by atomic mass is 32.2. The van der Waals surface area contributed by atoms with Gasteiger partial charge in [0, 0.05) is 11.3 Å². The third kappa shape index (κ3) is 8.62. The van der Waals surface area contributed by atoms with Crippen LogP contribution in [0.2, 0.25) is 0 Å². The molecular weight excluding hydrogens is 545 g/mol. The monoisotopic (exact) mass is 574 g/mol. The van der Waals surface area contributed by atoms with Crippen LogP contribution in [0.1, 0.15) is 25.3 Å². The molecule has 2 aromatic carbocycles. The Morgan fingerprint density at radius 2 is 1.85 bits per heavy atom. The number of esters is 1. The van der Waals surface area contributed by atoms with Gasteiger partial charge in [-0.2, -0.15) is 17.0 Å². The first-order valence-corrected chi connectivity index (χ1v) is 15.8. The highest BCUT2D eigenvalue weighted by molar-refractivity contribution is 8.00. The van der Waals surface area contributed by atoms with Crippen LogP contribution in [-0.2, 0) is 9.53 Å². The van der Waals surface area contributed by atoms with Crippen LogP contribution in [0.5, 0.6) is 5.75 Å². The number of carbonyl (C=O) groups excluding carboxylic acids is 1. The van der Waals surface area contributed by atoms with Crippen molar-refractivity contribution in [3.8, 4) is 33.5 Å². The highest BCUT2D eigenvalue weighted by Gasteiger charge is 2.20. The second-order valence-corrected chi connectivity index (χ2v) is 11.7. The molecule has 39 heavy (non-hydrogen) atoms. The molecule has 0 amide bonds. The van der Waals surface area contributed by atoms with E-state index in [1.807, 2.05) is 84.2 Å². The van der Waals surface area contributed by atoms with Crippen molar-refractivity contribution < 1.29 is 14.3 Å². The third-order valence-corrected chi connectivity index (χ3v) is 8.73. The van der Waals surface area contributed by atoms with E-state index in [0.29, 0.717) is 16.3 Å². The summed E-state index contributed by atoms with van der Waals surface area (Å²) in [4.78, 5) is 18.8. The van der Waals surface area contributed by atoms with Gasteiger partial charge in [0.15, 0.2) is 0 Å². The summed E-state index contributed by atoms with van der Waals surface area (Å²) in [6.45, 7) is 2.45. The molecule has 8 heteroatoms. The Morgan fingerprint density at radius 3 is 2.54 bits per heavy atom. The Morgan fingerprint density at radius 1 is 1.08 bits per heavy atom. The van der Waals surface area contributed by atoms with Crippen molar-refractivity contribution in [3.63, 3.8) is 0 Å². The third-order valence-electron chi connectivity index (χ3n) is 5.71. The van der Waals surface area contributed by atoms with Gasteiger partial charge in [-0.25, -0.2) is 4.98 Å². The molecule has 0 aliphatic rings. The van der Waals surface area contributed by atoms with E-state index in [1.165, 1.54) is 11.8 Å². The molecule has 4 rings (SSSR count). The predicted octanol–water partition coefficient (Wildman–Crippen LogP) is 7.96. The van der Waals surface area contributed by atoms with Gasteiger partial charge in [0.2, 0.25) is 0 Å². The molecule has 1 unspecified atom stereocenters. The number of hydrogen-bond acceptors (Lipinski definition) is 8. The minimum absolute atomic E-state index is 0.0469. The Kier molecular flexibility index (Phi) is 11.3. The molecular formula is C31H30N2O3S3. The van der Waals surface area contributed by atoms with Crippen molar-refractivity contribution in [2.24, 2.45) is 0 Å². The Labute approximate surface area is 242 Å². The first-order chi connectivity index (χ1) is 19.2. The van der Waals surface area contributed by atoms with Gasteiger partial charge >= 0.3 is 5.97 Å².